The number of H-pyrrole nitrogens is 1. The van der Waals surface area contributed by atoms with E-state index >= 15 is 0 Å². The molecule has 1 heterocycles. The van der Waals surface area contributed by atoms with E-state index in [4.69, 9.17) is 0 Å². The number of rotatable bonds is 5. The van der Waals surface area contributed by atoms with Gasteiger partial charge in [0.05, 0.1) is 13.5 Å². The van der Waals surface area contributed by atoms with Crippen molar-refractivity contribution in [1.82, 2.24) is 4.98 Å². The van der Waals surface area contributed by atoms with Crippen LogP contribution in [0.5, 0.6) is 0 Å². The van der Waals surface area contributed by atoms with Gasteiger partial charge in [-0.3, -0.25) is 9.59 Å². The molecule has 2 aromatic rings. The first-order chi connectivity index (χ1) is 9.65. The second kappa shape index (κ2) is 6.23. The minimum absolute atomic E-state index is 0.116. The van der Waals surface area contributed by atoms with Crippen LogP contribution in [0.4, 0.5) is 5.82 Å². The summed E-state index contributed by atoms with van der Waals surface area (Å²) in [6.45, 7) is 3.19. The van der Waals surface area contributed by atoms with Crippen LogP contribution in [0.2, 0.25) is 0 Å². The molecule has 0 saturated heterocycles. The molecule has 0 saturated carbocycles. The molecule has 0 aliphatic rings. The number of anilines is 1. The van der Waals surface area contributed by atoms with Crippen LogP contribution >= 0.6 is 0 Å². The van der Waals surface area contributed by atoms with Crippen LogP contribution < -0.4 is 10.5 Å². The van der Waals surface area contributed by atoms with Crippen LogP contribution in [0, 0.1) is 0 Å². The summed E-state index contributed by atoms with van der Waals surface area (Å²) in [5, 5.41) is 1.56. The molecular formula is C15H18N2O3. The second-order valence-corrected chi connectivity index (χ2v) is 4.48. The van der Waals surface area contributed by atoms with Gasteiger partial charge in [-0.1, -0.05) is 18.2 Å². The highest BCUT2D eigenvalue weighted by molar-refractivity contribution is 5.83. The standard InChI is InChI=1S/C15H18N2O3/c1-3-17(9-8-14(18)20-2)13-10-11-6-4-5-7-12(11)15(19)16-13/h4-7,10H,3,8-9H2,1-2H3,(H,16,19). The second-order valence-electron chi connectivity index (χ2n) is 4.48. The SMILES string of the molecule is CCN(CCC(=O)OC)c1cc2ccccc2c(=O)[nH]1. The van der Waals surface area contributed by atoms with Crippen molar-refractivity contribution < 1.29 is 9.53 Å². The van der Waals surface area contributed by atoms with E-state index in [1.54, 1.807) is 6.07 Å². The smallest absolute Gasteiger partial charge is 0.307 e. The van der Waals surface area contributed by atoms with Crippen molar-refractivity contribution in [2.24, 2.45) is 0 Å². The number of ether oxygens (including phenoxy) is 1. The normalized spacial score (nSPS) is 10.5. The van der Waals surface area contributed by atoms with Gasteiger partial charge in [-0.15, -0.1) is 0 Å². The van der Waals surface area contributed by atoms with Crippen molar-refractivity contribution in [2.45, 2.75) is 13.3 Å². The molecule has 0 amide bonds. The molecule has 0 aliphatic carbocycles. The summed E-state index contributed by atoms with van der Waals surface area (Å²) in [6, 6.07) is 9.37. The summed E-state index contributed by atoms with van der Waals surface area (Å²) in [5.41, 5.74) is -0.116. The lowest BCUT2D eigenvalue weighted by Gasteiger charge is -2.22. The maximum atomic E-state index is 12.0. The van der Waals surface area contributed by atoms with Gasteiger partial charge >= 0.3 is 5.97 Å². The Kier molecular flexibility index (Phi) is 4.40. The molecule has 106 valence electrons. The van der Waals surface area contributed by atoms with Gasteiger partial charge in [-0.25, -0.2) is 0 Å². The van der Waals surface area contributed by atoms with Crippen LogP contribution in [0.3, 0.4) is 0 Å². The van der Waals surface area contributed by atoms with Gasteiger partial charge < -0.3 is 14.6 Å². The first-order valence-electron chi connectivity index (χ1n) is 6.59. The molecule has 1 aromatic carbocycles. The van der Waals surface area contributed by atoms with Crippen LogP contribution in [0.25, 0.3) is 10.8 Å². The van der Waals surface area contributed by atoms with E-state index in [-0.39, 0.29) is 11.5 Å². The van der Waals surface area contributed by atoms with Crippen molar-refractivity contribution in [2.75, 3.05) is 25.1 Å². The average Bonchev–Trinajstić information content (AvgIpc) is 2.47. The van der Waals surface area contributed by atoms with Gasteiger partial charge in [0, 0.05) is 18.5 Å². The van der Waals surface area contributed by atoms with Crippen molar-refractivity contribution in [3.05, 3.63) is 40.7 Å². The number of hydrogen-bond donors (Lipinski definition) is 1. The molecule has 0 bridgehead atoms. The molecule has 0 fully saturated rings. The molecule has 0 spiro atoms. The number of pyridine rings is 1. The maximum Gasteiger partial charge on any atom is 0.307 e. The van der Waals surface area contributed by atoms with Crippen LogP contribution in [0.1, 0.15) is 13.3 Å². The highest BCUT2D eigenvalue weighted by atomic mass is 16.5. The van der Waals surface area contributed by atoms with E-state index in [1.165, 1.54) is 7.11 Å². The molecular weight excluding hydrogens is 256 g/mol. The number of hydrogen-bond acceptors (Lipinski definition) is 4. The number of nitrogens with one attached hydrogen (secondary N) is 1. The fourth-order valence-electron chi connectivity index (χ4n) is 2.14. The number of carbonyl (C=O) groups excluding carboxylic acids is 1. The predicted molar refractivity (Wildman–Crippen MR) is 79.1 cm³/mol. The molecule has 0 aliphatic heterocycles. The zero-order valence-corrected chi connectivity index (χ0v) is 11.7. The number of aromatic amines is 1. The minimum Gasteiger partial charge on any atom is -0.469 e. The van der Waals surface area contributed by atoms with Crippen molar-refractivity contribution >= 4 is 22.6 Å². The van der Waals surface area contributed by atoms with E-state index in [0.29, 0.717) is 24.9 Å². The Labute approximate surface area is 117 Å². The summed E-state index contributed by atoms with van der Waals surface area (Å²) >= 11 is 0. The summed E-state index contributed by atoms with van der Waals surface area (Å²) in [6.07, 6.45) is 0.291. The Balaban J connectivity index is 2.30. The van der Waals surface area contributed by atoms with Crippen molar-refractivity contribution in [1.29, 1.82) is 0 Å². The molecule has 1 N–H and O–H groups in total. The quantitative estimate of drug-likeness (QED) is 0.846. The number of nitrogens with zero attached hydrogens (tertiary/aromatic N) is 1. The molecule has 5 heteroatoms. The average molecular weight is 274 g/mol. The third-order valence-electron chi connectivity index (χ3n) is 3.28. The number of benzene rings is 1. The fourth-order valence-corrected chi connectivity index (χ4v) is 2.14. The molecule has 2 rings (SSSR count). The largest absolute Gasteiger partial charge is 0.469 e. The minimum atomic E-state index is -0.258. The van der Waals surface area contributed by atoms with Crippen LogP contribution in [-0.2, 0) is 9.53 Å². The van der Waals surface area contributed by atoms with Crippen LogP contribution in [-0.4, -0.2) is 31.2 Å². The number of aromatic nitrogens is 1. The van der Waals surface area contributed by atoms with Gasteiger partial charge in [0.1, 0.15) is 5.82 Å². The molecule has 1 aromatic heterocycles. The zero-order valence-electron chi connectivity index (χ0n) is 11.7. The third kappa shape index (κ3) is 2.99. The molecule has 0 radical (unpaired) electrons. The summed E-state index contributed by atoms with van der Waals surface area (Å²) < 4.78 is 4.64. The van der Waals surface area contributed by atoms with Gasteiger partial charge in [0.25, 0.3) is 5.56 Å². The number of methoxy groups -OCH3 is 1. The van der Waals surface area contributed by atoms with Crippen molar-refractivity contribution in [3.8, 4) is 0 Å². The summed E-state index contributed by atoms with van der Waals surface area (Å²) in [7, 11) is 1.37. The Morgan fingerprint density at radius 3 is 2.80 bits per heavy atom. The van der Waals surface area contributed by atoms with Gasteiger partial charge in [-0.2, -0.15) is 0 Å². The first kappa shape index (κ1) is 14.1. The Morgan fingerprint density at radius 2 is 2.10 bits per heavy atom. The molecule has 0 unspecified atom stereocenters. The maximum absolute atomic E-state index is 12.0. The number of fused-ring (bicyclic) bond motifs is 1. The topological polar surface area (TPSA) is 62.4 Å². The fraction of sp³-hybridized carbons (Fsp3) is 0.333. The summed E-state index contributed by atoms with van der Waals surface area (Å²) in [4.78, 5) is 28.1. The van der Waals surface area contributed by atoms with Gasteiger partial charge in [-0.05, 0) is 24.4 Å². The molecule has 5 nitrogen and oxygen atoms in total. The van der Waals surface area contributed by atoms with E-state index in [2.05, 4.69) is 9.72 Å². The predicted octanol–water partition coefficient (Wildman–Crippen LogP) is 1.92. The lowest BCUT2D eigenvalue weighted by Crippen LogP contribution is -2.28. The Morgan fingerprint density at radius 1 is 1.35 bits per heavy atom. The third-order valence-corrected chi connectivity index (χ3v) is 3.28. The molecule has 20 heavy (non-hydrogen) atoms. The number of esters is 1. The number of carbonyl (C=O) groups is 1. The van der Waals surface area contributed by atoms with Gasteiger partial charge in [0.2, 0.25) is 0 Å². The van der Waals surface area contributed by atoms with E-state index < -0.39 is 0 Å². The Hall–Kier alpha value is -2.30. The Bertz CT molecular complexity index is 663. The van der Waals surface area contributed by atoms with Gasteiger partial charge in [0.15, 0.2) is 0 Å². The molecule has 0 atom stereocenters. The first-order valence-corrected chi connectivity index (χ1v) is 6.59. The monoisotopic (exact) mass is 274 g/mol. The highest BCUT2D eigenvalue weighted by Gasteiger charge is 2.10. The van der Waals surface area contributed by atoms with Crippen molar-refractivity contribution in [3.63, 3.8) is 0 Å². The highest BCUT2D eigenvalue weighted by Crippen LogP contribution is 2.16. The zero-order chi connectivity index (χ0) is 14.5. The van der Waals surface area contributed by atoms with Crippen LogP contribution in [0.15, 0.2) is 35.1 Å². The van der Waals surface area contributed by atoms with E-state index in [1.807, 2.05) is 36.1 Å². The van der Waals surface area contributed by atoms with E-state index in [0.717, 1.165) is 11.2 Å². The van der Waals surface area contributed by atoms with E-state index in [9.17, 15) is 9.59 Å². The summed E-state index contributed by atoms with van der Waals surface area (Å²) in [5.74, 6) is 0.465. The lowest BCUT2D eigenvalue weighted by atomic mass is 10.1. The lowest BCUT2D eigenvalue weighted by molar-refractivity contribution is -0.140.